The molecule has 0 bridgehead atoms. The Morgan fingerprint density at radius 1 is 1.32 bits per heavy atom. The summed E-state index contributed by atoms with van der Waals surface area (Å²) in [6.45, 7) is 1.05. The van der Waals surface area contributed by atoms with E-state index < -0.39 is 30.9 Å². The first-order valence-electron chi connectivity index (χ1n) is 7.45. The third-order valence-corrected chi connectivity index (χ3v) is 6.60. The fraction of sp³-hybridized carbons (Fsp3) is 0.571. The number of nitro benzene ring substituents is 1. The van der Waals surface area contributed by atoms with Crippen molar-refractivity contribution in [2.24, 2.45) is 0 Å². The standard InChI is InChI=1S/C14H17F3N2O4S2/c1-24-10-4-2-3-7-18(9-10)12-6-5-11(8-13(12)19(20)21)25(22,23)14(15,16)17/h5-6,8,10H,2-4,7,9H2,1H3. The van der Waals surface area contributed by atoms with Crippen LogP contribution in [-0.4, -0.2) is 43.4 Å². The van der Waals surface area contributed by atoms with Crippen molar-refractivity contribution in [1.82, 2.24) is 0 Å². The summed E-state index contributed by atoms with van der Waals surface area (Å²) in [6.07, 6.45) is 4.64. The molecule has 0 amide bonds. The number of nitrogens with zero attached hydrogens (tertiary/aromatic N) is 2. The zero-order valence-corrected chi connectivity index (χ0v) is 15.0. The fourth-order valence-electron chi connectivity index (χ4n) is 2.73. The minimum absolute atomic E-state index is 0.145. The Labute approximate surface area is 147 Å². The quantitative estimate of drug-likeness (QED) is 0.569. The highest BCUT2D eigenvalue weighted by Crippen LogP contribution is 2.37. The van der Waals surface area contributed by atoms with E-state index in [4.69, 9.17) is 0 Å². The second kappa shape index (κ2) is 7.40. The highest BCUT2D eigenvalue weighted by molar-refractivity contribution is 7.99. The van der Waals surface area contributed by atoms with Gasteiger partial charge in [0.15, 0.2) is 0 Å². The molecular weight excluding hydrogens is 381 g/mol. The third-order valence-electron chi connectivity index (χ3n) is 4.06. The van der Waals surface area contributed by atoms with E-state index in [2.05, 4.69) is 0 Å². The van der Waals surface area contributed by atoms with E-state index in [0.29, 0.717) is 19.2 Å². The molecule has 0 saturated carbocycles. The fourth-order valence-corrected chi connectivity index (χ4v) is 4.24. The number of hydrogen-bond acceptors (Lipinski definition) is 6. The van der Waals surface area contributed by atoms with Gasteiger partial charge in [-0.25, -0.2) is 8.42 Å². The van der Waals surface area contributed by atoms with E-state index in [1.807, 2.05) is 6.26 Å². The zero-order chi connectivity index (χ0) is 18.8. The minimum atomic E-state index is -5.63. The predicted octanol–water partition coefficient (Wildman–Crippen LogP) is 3.61. The summed E-state index contributed by atoms with van der Waals surface area (Å²) >= 11 is 1.63. The van der Waals surface area contributed by atoms with Crippen molar-refractivity contribution < 1.29 is 26.5 Å². The summed E-state index contributed by atoms with van der Waals surface area (Å²) in [6, 6.07) is 2.38. The third kappa shape index (κ3) is 4.20. The molecule has 0 radical (unpaired) electrons. The lowest BCUT2D eigenvalue weighted by atomic mass is 10.2. The number of benzene rings is 1. The highest BCUT2D eigenvalue weighted by atomic mass is 32.2. The molecule has 6 nitrogen and oxygen atoms in total. The molecule has 0 N–H and O–H groups in total. The molecule has 1 atom stereocenters. The number of hydrogen-bond donors (Lipinski definition) is 0. The van der Waals surface area contributed by atoms with Gasteiger partial charge in [0.1, 0.15) is 5.69 Å². The first-order chi connectivity index (χ1) is 11.6. The van der Waals surface area contributed by atoms with Gasteiger partial charge in [0.25, 0.3) is 15.5 Å². The van der Waals surface area contributed by atoms with Crippen molar-refractivity contribution in [3.05, 3.63) is 28.3 Å². The number of alkyl halides is 3. The van der Waals surface area contributed by atoms with Gasteiger partial charge >= 0.3 is 5.51 Å². The number of anilines is 1. The molecule has 0 spiro atoms. The van der Waals surface area contributed by atoms with E-state index in [0.717, 1.165) is 31.4 Å². The van der Waals surface area contributed by atoms with Crippen LogP contribution >= 0.6 is 11.8 Å². The normalized spacial score (nSPS) is 19.5. The summed E-state index contributed by atoms with van der Waals surface area (Å²) in [5, 5.41) is 11.6. The van der Waals surface area contributed by atoms with Crippen LogP contribution in [0.5, 0.6) is 0 Å². The molecule has 2 rings (SSSR count). The van der Waals surface area contributed by atoms with Crippen LogP contribution in [0.1, 0.15) is 19.3 Å². The van der Waals surface area contributed by atoms with Crippen molar-refractivity contribution in [2.75, 3.05) is 24.2 Å². The molecule has 1 aliphatic rings. The molecule has 1 fully saturated rings. The van der Waals surface area contributed by atoms with Crippen LogP contribution in [-0.2, 0) is 9.84 Å². The monoisotopic (exact) mass is 398 g/mol. The molecule has 1 aromatic rings. The Balaban J connectivity index is 2.48. The van der Waals surface area contributed by atoms with Gasteiger partial charge in [-0.2, -0.15) is 24.9 Å². The van der Waals surface area contributed by atoms with Gasteiger partial charge in [-0.3, -0.25) is 10.1 Å². The average Bonchev–Trinajstić information content (AvgIpc) is 2.78. The van der Waals surface area contributed by atoms with Crippen LogP contribution in [0.3, 0.4) is 0 Å². The van der Waals surface area contributed by atoms with Gasteiger partial charge in [0, 0.05) is 24.4 Å². The molecule has 1 saturated heterocycles. The molecular formula is C14H17F3N2O4S2. The Bertz CT molecular complexity index is 753. The van der Waals surface area contributed by atoms with E-state index in [-0.39, 0.29) is 10.9 Å². The maximum atomic E-state index is 12.7. The smallest absolute Gasteiger partial charge is 0.365 e. The molecule has 0 aromatic heterocycles. The highest BCUT2D eigenvalue weighted by Gasteiger charge is 2.47. The molecule has 0 aliphatic carbocycles. The van der Waals surface area contributed by atoms with Crippen LogP contribution in [0.2, 0.25) is 0 Å². The maximum absolute atomic E-state index is 12.7. The second-order valence-corrected chi connectivity index (χ2v) is 8.74. The Morgan fingerprint density at radius 2 is 2.00 bits per heavy atom. The van der Waals surface area contributed by atoms with Gasteiger partial charge in [0.05, 0.1) is 9.82 Å². The summed E-state index contributed by atoms with van der Waals surface area (Å²) in [4.78, 5) is 11.1. The lowest BCUT2D eigenvalue weighted by molar-refractivity contribution is -0.384. The molecule has 140 valence electrons. The molecule has 25 heavy (non-hydrogen) atoms. The number of sulfone groups is 1. The summed E-state index contributed by atoms with van der Waals surface area (Å²) in [7, 11) is -5.63. The van der Waals surface area contributed by atoms with Crippen LogP contribution in [0, 0.1) is 10.1 Å². The minimum Gasteiger partial charge on any atom is -0.365 e. The van der Waals surface area contributed by atoms with Crippen LogP contribution in [0.4, 0.5) is 24.5 Å². The summed E-state index contributed by atoms with van der Waals surface area (Å²) in [5.41, 5.74) is -5.99. The van der Waals surface area contributed by atoms with Crippen molar-refractivity contribution in [1.29, 1.82) is 0 Å². The SMILES string of the molecule is CSC1CCCCN(c2ccc(S(=O)(=O)C(F)(F)F)cc2[N+](=O)[O-])C1. The summed E-state index contributed by atoms with van der Waals surface area (Å²) < 4.78 is 61.1. The van der Waals surface area contributed by atoms with E-state index in [1.165, 1.54) is 0 Å². The average molecular weight is 398 g/mol. The zero-order valence-electron chi connectivity index (χ0n) is 13.3. The number of rotatable bonds is 4. The molecule has 1 unspecified atom stereocenters. The van der Waals surface area contributed by atoms with Gasteiger partial charge in [-0.15, -0.1) is 0 Å². The second-order valence-electron chi connectivity index (χ2n) is 5.66. The molecule has 1 aliphatic heterocycles. The lowest BCUT2D eigenvalue weighted by Gasteiger charge is -2.25. The van der Waals surface area contributed by atoms with Gasteiger partial charge < -0.3 is 4.90 Å². The van der Waals surface area contributed by atoms with E-state index in [9.17, 15) is 31.7 Å². The van der Waals surface area contributed by atoms with Crippen molar-refractivity contribution >= 4 is 33.0 Å². The molecule has 11 heteroatoms. The Hall–Kier alpha value is -1.49. The van der Waals surface area contributed by atoms with E-state index in [1.54, 1.807) is 16.7 Å². The van der Waals surface area contributed by atoms with Crippen LogP contribution in [0.15, 0.2) is 23.1 Å². The molecule has 1 aromatic carbocycles. The number of halogens is 3. The summed E-state index contributed by atoms with van der Waals surface area (Å²) in [5.74, 6) is 0. The maximum Gasteiger partial charge on any atom is 0.501 e. The van der Waals surface area contributed by atoms with Crippen molar-refractivity contribution in [2.45, 2.75) is 34.9 Å². The lowest BCUT2D eigenvalue weighted by Crippen LogP contribution is -2.30. The predicted molar refractivity (Wildman–Crippen MR) is 89.7 cm³/mol. The van der Waals surface area contributed by atoms with Gasteiger partial charge in [-0.05, 0) is 31.2 Å². The van der Waals surface area contributed by atoms with Gasteiger partial charge in [-0.1, -0.05) is 6.42 Å². The number of thioether (sulfide) groups is 1. The van der Waals surface area contributed by atoms with Crippen LogP contribution < -0.4 is 4.90 Å². The van der Waals surface area contributed by atoms with Crippen molar-refractivity contribution in [3.63, 3.8) is 0 Å². The Kier molecular flexibility index (Phi) is 5.87. The Morgan fingerprint density at radius 3 is 2.56 bits per heavy atom. The number of nitro groups is 1. The topological polar surface area (TPSA) is 80.5 Å². The van der Waals surface area contributed by atoms with Crippen LogP contribution in [0.25, 0.3) is 0 Å². The van der Waals surface area contributed by atoms with Gasteiger partial charge in [0.2, 0.25) is 0 Å². The first-order valence-corrected chi connectivity index (χ1v) is 10.2. The van der Waals surface area contributed by atoms with E-state index >= 15 is 0 Å². The largest absolute Gasteiger partial charge is 0.501 e. The van der Waals surface area contributed by atoms with Crippen molar-refractivity contribution in [3.8, 4) is 0 Å². The molecule has 1 heterocycles. The first kappa shape index (κ1) is 19.8.